The van der Waals surface area contributed by atoms with Gasteiger partial charge in [-0.05, 0) is 39.8 Å². The third-order valence-corrected chi connectivity index (χ3v) is 4.37. The van der Waals surface area contributed by atoms with E-state index in [9.17, 15) is 18.4 Å². The van der Waals surface area contributed by atoms with Gasteiger partial charge in [0.05, 0.1) is 27.4 Å². The van der Waals surface area contributed by atoms with Gasteiger partial charge in [0, 0.05) is 5.46 Å². The Morgan fingerprint density at radius 3 is 2.05 bits per heavy atom. The Morgan fingerprint density at radius 1 is 1.14 bits per heavy atom. The quantitative estimate of drug-likeness (QED) is 0.739. The molecular weight excluding hydrogens is 317 g/mol. The molecule has 1 aliphatic rings. The van der Waals surface area contributed by atoms with E-state index in [1.807, 2.05) is 6.07 Å². The predicted octanol–water partition coefficient (Wildman–Crippen LogP) is 3.53. The Kier molecular flexibility index (Phi) is 4.01. The normalized spacial score (nSPS) is 20.0. The molecule has 22 heavy (non-hydrogen) atoms. The van der Waals surface area contributed by atoms with E-state index in [2.05, 4.69) is 0 Å². The van der Waals surface area contributed by atoms with Crippen LogP contribution < -0.4 is 5.46 Å². The fourth-order valence-electron chi connectivity index (χ4n) is 2.07. The van der Waals surface area contributed by atoms with E-state index < -0.39 is 30.1 Å². The third kappa shape index (κ3) is 2.83. The van der Waals surface area contributed by atoms with Gasteiger partial charge < -0.3 is 9.31 Å². The zero-order valence-electron chi connectivity index (χ0n) is 12.5. The summed E-state index contributed by atoms with van der Waals surface area (Å²) in [6, 6.07) is 3.40. The highest BCUT2D eigenvalue weighted by atomic mass is 35.5. The average molecular weight is 332 g/mol. The van der Waals surface area contributed by atoms with Crippen molar-refractivity contribution in [2.24, 2.45) is 0 Å². The number of halogens is 4. The zero-order valence-corrected chi connectivity index (χ0v) is 13.3. The lowest BCUT2D eigenvalue weighted by atomic mass is 9.75. The number of nitrogens with zero attached hydrogens (tertiary/aromatic N) is 1. The van der Waals surface area contributed by atoms with E-state index in [4.69, 9.17) is 20.9 Å². The first-order chi connectivity index (χ1) is 9.89. The van der Waals surface area contributed by atoms with Crippen LogP contribution in [0.15, 0.2) is 12.1 Å². The van der Waals surface area contributed by atoms with Crippen molar-refractivity contribution in [3.05, 3.63) is 28.3 Å². The lowest BCUT2D eigenvalue weighted by molar-refractivity contribution is -0.137. The van der Waals surface area contributed by atoms with Crippen LogP contribution in [0, 0.1) is 11.3 Å². The highest BCUT2D eigenvalue weighted by molar-refractivity contribution is 6.63. The Labute approximate surface area is 132 Å². The van der Waals surface area contributed by atoms with Crippen molar-refractivity contribution in [2.75, 3.05) is 0 Å². The predicted molar refractivity (Wildman–Crippen MR) is 76.9 cm³/mol. The molecule has 2 rings (SSSR count). The molecule has 0 unspecified atom stereocenters. The van der Waals surface area contributed by atoms with Gasteiger partial charge >= 0.3 is 13.3 Å². The molecule has 0 bridgehead atoms. The van der Waals surface area contributed by atoms with E-state index >= 15 is 0 Å². The standard InChI is InChI=1S/C14H14BClF3NO2/c1-12(2)13(3,4)22-15(21-12)10-5-8(14(17,18)19)6-11(16)9(10)7-20/h5-6H,1-4H3. The van der Waals surface area contributed by atoms with Crippen molar-refractivity contribution in [1.82, 2.24) is 0 Å². The van der Waals surface area contributed by atoms with Gasteiger partial charge in [-0.25, -0.2) is 0 Å². The molecule has 8 heteroatoms. The molecule has 0 atom stereocenters. The van der Waals surface area contributed by atoms with Crippen molar-refractivity contribution >= 4 is 24.2 Å². The number of nitriles is 1. The molecule has 118 valence electrons. The van der Waals surface area contributed by atoms with Gasteiger partial charge in [-0.2, -0.15) is 18.4 Å². The van der Waals surface area contributed by atoms with Crippen LogP contribution in [0.3, 0.4) is 0 Å². The second-order valence-electron chi connectivity index (χ2n) is 6.12. The number of benzene rings is 1. The summed E-state index contributed by atoms with van der Waals surface area (Å²) in [5.74, 6) is 0. The Morgan fingerprint density at radius 2 is 1.64 bits per heavy atom. The Hall–Kier alpha value is -1.23. The number of alkyl halides is 3. The fourth-order valence-corrected chi connectivity index (χ4v) is 2.33. The van der Waals surface area contributed by atoms with Gasteiger partial charge in [0.25, 0.3) is 0 Å². The molecule has 0 aromatic heterocycles. The maximum atomic E-state index is 13.0. The first-order valence-corrected chi connectivity index (χ1v) is 6.93. The number of hydrogen-bond donors (Lipinski definition) is 0. The molecular formula is C14H14BClF3NO2. The summed E-state index contributed by atoms with van der Waals surface area (Å²) in [4.78, 5) is 0. The zero-order chi connectivity index (χ0) is 16.9. The van der Waals surface area contributed by atoms with E-state index in [-0.39, 0.29) is 16.0 Å². The highest BCUT2D eigenvalue weighted by Crippen LogP contribution is 2.38. The fraction of sp³-hybridized carbons (Fsp3) is 0.500. The lowest BCUT2D eigenvalue weighted by Crippen LogP contribution is -2.41. The van der Waals surface area contributed by atoms with Gasteiger partial charge in [0.15, 0.2) is 0 Å². The van der Waals surface area contributed by atoms with Crippen LogP contribution in [0.1, 0.15) is 38.8 Å². The molecule has 0 radical (unpaired) electrons. The van der Waals surface area contributed by atoms with Gasteiger partial charge in [-0.1, -0.05) is 11.6 Å². The molecule has 1 saturated heterocycles. The van der Waals surface area contributed by atoms with Gasteiger partial charge in [-0.3, -0.25) is 0 Å². The summed E-state index contributed by atoms with van der Waals surface area (Å²) in [5, 5.41) is 8.91. The van der Waals surface area contributed by atoms with Gasteiger partial charge in [0.2, 0.25) is 0 Å². The van der Waals surface area contributed by atoms with Crippen LogP contribution in [-0.2, 0) is 15.5 Å². The minimum Gasteiger partial charge on any atom is -0.399 e. The molecule has 0 aliphatic carbocycles. The first-order valence-electron chi connectivity index (χ1n) is 6.55. The SMILES string of the molecule is CC1(C)OB(c2cc(C(F)(F)F)cc(Cl)c2C#N)OC1(C)C. The molecule has 3 nitrogen and oxygen atoms in total. The van der Waals surface area contributed by atoms with Crippen LogP contribution in [0.4, 0.5) is 13.2 Å². The van der Waals surface area contributed by atoms with Crippen molar-refractivity contribution in [1.29, 1.82) is 5.26 Å². The molecule has 1 aromatic rings. The van der Waals surface area contributed by atoms with E-state index in [1.165, 1.54) is 0 Å². The summed E-state index contributed by atoms with van der Waals surface area (Å²) in [6.07, 6.45) is -4.57. The van der Waals surface area contributed by atoms with E-state index in [0.717, 1.165) is 12.1 Å². The minimum atomic E-state index is -4.57. The van der Waals surface area contributed by atoms with Crippen LogP contribution in [0.25, 0.3) is 0 Å². The Balaban J connectivity index is 2.56. The van der Waals surface area contributed by atoms with Gasteiger partial charge in [0.1, 0.15) is 6.07 Å². The monoisotopic (exact) mass is 331 g/mol. The molecule has 0 spiro atoms. The van der Waals surface area contributed by atoms with Gasteiger partial charge in [-0.15, -0.1) is 0 Å². The van der Waals surface area contributed by atoms with E-state index in [1.54, 1.807) is 27.7 Å². The molecule has 0 N–H and O–H groups in total. The first kappa shape index (κ1) is 17.1. The molecule has 1 fully saturated rings. The van der Waals surface area contributed by atoms with Crippen molar-refractivity contribution in [3.8, 4) is 6.07 Å². The van der Waals surface area contributed by atoms with Crippen LogP contribution in [0.2, 0.25) is 5.02 Å². The van der Waals surface area contributed by atoms with Crippen molar-refractivity contribution in [2.45, 2.75) is 45.1 Å². The van der Waals surface area contributed by atoms with E-state index in [0.29, 0.717) is 0 Å². The molecule has 1 heterocycles. The molecule has 1 aliphatic heterocycles. The summed E-state index contributed by atoms with van der Waals surface area (Å²) in [5.41, 5.74) is -2.49. The summed E-state index contributed by atoms with van der Waals surface area (Å²) in [6.45, 7) is 7.09. The summed E-state index contributed by atoms with van der Waals surface area (Å²) in [7, 11) is -1.08. The summed E-state index contributed by atoms with van der Waals surface area (Å²) < 4.78 is 50.3. The molecule has 0 amide bonds. The smallest absolute Gasteiger partial charge is 0.399 e. The maximum absolute atomic E-state index is 13.0. The second-order valence-corrected chi connectivity index (χ2v) is 6.53. The highest BCUT2D eigenvalue weighted by Gasteiger charge is 2.52. The molecule has 1 aromatic carbocycles. The third-order valence-electron chi connectivity index (χ3n) is 4.07. The Bertz CT molecular complexity index is 637. The topological polar surface area (TPSA) is 42.2 Å². The summed E-state index contributed by atoms with van der Waals surface area (Å²) >= 11 is 5.83. The average Bonchev–Trinajstić information content (AvgIpc) is 2.56. The lowest BCUT2D eigenvalue weighted by Gasteiger charge is -2.32. The second kappa shape index (κ2) is 5.15. The maximum Gasteiger partial charge on any atom is 0.496 e. The van der Waals surface area contributed by atoms with Crippen LogP contribution >= 0.6 is 11.6 Å². The largest absolute Gasteiger partial charge is 0.496 e. The van der Waals surface area contributed by atoms with Crippen LogP contribution in [-0.4, -0.2) is 18.3 Å². The number of hydrogen-bond acceptors (Lipinski definition) is 3. The number of rotatable bonds is 1. The van der Waals surface area contributed by atoms with Crippen molar-refractivity contribution < 1.29 is 22.5 Å². The minimum absolute atomic E-state index is 0.0130. The molecule has 0 saturated carbocycles. The van der Waals surface area contributed by atoms with Crippen LogP contribution in [0.5, 0.6) is 0 Å². The van der Waals surface area contributed by atoms with Crippen molar-refractivity contribution in [3.63, 3.8) is 0 Å².